The minimum absolute atomic E-state index is 0.135. The lowest BCUT2D eigenvalue weighted by Gasteiger charge is -2.14. The van der Waals surface area contributed by atoms with E-state index in [0.717, 1.165) is 11.3 Å². The second-order valence-electron chi connectivity index (χ2n) is 4.29. The third-order valence-corrected chi connectivity index (χ3v) is 2.76. The monoisotopic (exact) mass is 281 g/mol. The van der Waals surface area contributed by atoms with Gasteiger partial charge in [-0.3, -0.25) is 9.78 Å². The molecule has 1 heterocycles. The Morgan fingerprint density at radius 2 is 2.20 bits per heavy atom. The number of hydrogen-bond donors (Lipinski definition) is 3. The largest absolute Gasteiger partial charge is 0.481 e. The topological polar surface area (TPSA) is 101 Å². The molecule has 0 bridgehead atoms. The van der Waals surface area contributed by atoms with Gasteiger partial charge in [-0.2, -0.15) is 0 Å². The Morgan fingerprint density at radius 3 is 2.80 bits per heavy atom. The molecule has 1 rings (SSSR count). The average Bonchev–Trinajstić information content (AvgIpc) is 2.42. The lowest BCUT2D eigenvalue weighted by atomic mass is 10.2. The van der Waals surface area contributed by atoms with Crippen LogP contribution in [0.25, 0.3) is 0 Å². The average molecular weight is 281 g/mol. The number of rotatable bonds is 7. The molecule has 0 fully saturated rings. The van der Waals surface area contributed by atoms with Gasteiger partial charge >= 0.3 is 12.0 Å². The molecule has 2 amide bonds. The summed E-state index contributed by atoms with van der Waals surface area (Å²) in [6, 6.07) is 3.35. The van der Waals surface area contributed by atoms with Gasteiger partial charge in [0.15, 0.2) is 0 Å². The van der Waals surface area contributed by atoms with Crippen molar-refractivity contribution < 1.29 is 19.4 Å². The maximum absolute atomic E-state index is 11.6. The summed E-state index contributed by atoms with van der Waals surface area (Å²) < 4.78 is 4.96. The predicted molar refractivity (Wildman–Crippen MR) is 72.3 cm³/mol. The molecule has 0 radical (unpaired) electrons. The van der Waals surface area contributed by atoms with Crippen LogP contribution in [-0.2, 0) is 16.1 Å². The van der Waals surface area contributed by atoms with Crippen LogP contribution in [0.4, 0.5) is 4.79 Å². The number of aryl methyl sites for hydroxylation is 1. The summed E-state index contributed by atoms with van der Waals surface area (Å²) in [5, 5.41) is 13.9. The fourth-order valence-electron chi connectivity index (χ4n) is 1.57. The first-order chi connectivity index (χ1) is 9.52. The van der Waals surface area contributed by atoms with Crippen molar-refractivity contribution in [3.63, 3.8) is 0 Å². The molecule has 0 saturated carbocycles. The summed E-state index contributed by atoms with van der Waals surface area (Å²) in [4.78, 5) is 26.3. The molecule has 3 N–H and O–H groups in total. The fraction of sp³-hybridized carbons (Fsp3) is 0.462. The van der Waals surface area contributed by atoms with E-state index >= 15 is 0 Å². The number of aromatic nitrogens is 1. The van der Waals surface area contributed by atoms with Crippen LogP contribution in [-0.4, -0.2) is 41.8 Å². The molecular formula is C13H19N3O4. The van der Waals surface area contributed by atoms with Crippen LogP contribution < -0.4 is 10.6 Å². The molecule has 1 aromatic rings. The molecule has 0 aliphatic carbocycles. The van der Waals surface area contributed by atoms with Gasteiger partial charge in [-0.25, -0.2) is 4.79 Å². The molecule has 0 spiro atoms. The van der Waals surface area contributed by atoms with Gasteiger partial charge in [0.05, 0.1) is 24.8 Å². The Labute approximate surface area is 117 Å². The van der Waals surface area contributed by atoms with Crippen molar-refractivity contribution in [3.8, 4) is 0 Å². The van der Waals surface area contributed by atoms with Gasteiger partial charge in [0.25, 0.3) is 0 Å². The number of carboxylic acid groups (broad SMARTS) is 1. The number of nitrogens with one attached hydrogen (secondary N) is 2. The maximum atomic E-state index is 11.6. The molecule has 0 aliphatic heterocycles. The Kier molecular flexibility index (Phi) is 6.45. The van der Waals surface area contributed by atoms with Crippen molar-refractivity contribution in [2.75, 3.05) is 13.7 Å². The first-order valence-corrected chi connectivity index (χ1v) is 6.19. The Balaban J connectivity index is 2.33. The number of methoxy groups -OCH3 is 1. The highest BCUT2D eigenvalue weighted by molar-refractivity contribution is 5.74. The number of hydrogen-bond acceptors (Lipinski definition) is 4. The van der Waals surface area contributed by atoms with E-state index in [-0.39, 0.29) is 19.0 Å². The van der Waals surface area contributed by atoms with E-state index in [1.165, 1.54) is 7.11 Å². The van der Waals surface area contributed by atoms with Crippen LogP contribution in [0, 0.1) is 6.92 Å². The minimum Gasteiger partial charge on any atom is -0.481 e. The number of nitrogens with zero attached hydrogens (tertiary/aromatic N) is 1. The highest BCUT2D eigenvalue weighted by Crippen LogP contribution is 2.02. The zero-order valence-corrected chi connectivity index (χ0v) is 11.5. The molecule has 1 unspecified atom stereocenters. The Morgan fingerprint density at radius 1 is 1.45 bits per heavy atom. The first kappa shape index (κ1) is 15.9. The molecule has 7 nitrogen and oxygen atoms in total. The second kappa shape index (κ2) is 8.11. The standard InChI is InChI=1S/C13H19N3O4/c1-9-4-3-5-14-11(9)8-16-13(19)15-7-10(20-2)6-12(17)18/h3-5,10H,6-8H2,1-2H3,(H,17,18)(H2,15,16,19). The third-order valence-electron chi connectivity index (χ3n) is 2.76. The number of urea groups is 1. The van der Waals surface area contributed by atoms with Crippen molar-refractivity contribution in [2.24, 2.45) is 0 Å². The molecule has 0 aromatic carbocycles. The molecule has 1 aromatic heterocycles. The normalized spacial score (nSPS) is 11.7. The van der Waals surface area contributed by atoms with Crippen LogP contribution in [0.3, 0.4) is 0 Å². The Bertz CT molecular complexity index is 465. The van der Waals surface area contributed by atoms with Gasteiger partial charge < -0.3 is 20.5 Å². The number of amides is 2. The summed E-state index contributed by atoms with van der Waals surface area (Å²) >= 11 is 0. The lowest BCUT2D eigenvalue weighted by Crippen LogP contribution is -2.40. The van der Waals surface area contributed by atoms with E-state index < -0.39 is 12.1 Å². The van der Waals surface area contributed by atoms with Crippen molar-refractivity contribution in [1.29, 1.82) is 0 Å². The van der Waals surface area contributed by atoms with Gasteiger partial charge in [-0.1, -0.05) is 6.07 Å². The third kappa shape index (κ3) is 5.66. The summed E-state index contributed by atoms with van der Waals surface area (Å²) in [5.41, 5.74) is 1.78. The van der Waals surface area contributed by atoms with E-state index in [9.17, 15) is 9.59 Å². The summed E-state index contributed by atoms with van der Waals surface area (Å²) in [6.45, 7) is 2.36. The van der Waals surface area contributed by atoms with Crippen LogP contribution in [0.1, 0.15) is 17.7 Å². The molecule has 1 atom stereocenters. The van der Waals surface area contributed by atoms with E-state index in [4.69, 9.17) is 9.84 Å². The predicted octanol–water partition coefficient (Wildman–Crippen LogP) is 0.679. The van der Waals surface area contributed by atoms with Crippen molar-refractivity contribution >= 4 is 12.0 Å². The fourth-order valence-corrected chi connectivity index (χ4v) is 1.57. The van der Waals surface area contributed by atoms with Gasteiger partial charge in [0.1, 0.15) is 0 Å². The summed E-state index contributed by atoms with van der Waals surface area (Å²) in [6.07, 6.45) is 0.959. The molecule has 110 valence electrons. The quantitative estimate of drug-likeness (QED) is 0.682. The van der Waals surface area contributed by atoms with Crippen LogP contribution in [0.15, 0.2) is 18.3 Å². The molecular weight excluding hydrogens is 262 g/mol. The van der Waals surface area contributed by atoms with Crippen molar-refractivity contribution in [3.05, 3.63) is 29.6 Å². The van der Waals surface area contributed by atoms with Gasteiger partial charge in [-0.15, -0.1) is 0 Å². The van der Waals surface area contributed by atoms with Crippen LogP contribution >= 0.6 is 0 Å². The number of pyridine rings is 1. The van der Waals surface area contributed by atoms with Crippen molar-refractivity contribution in [2.45, 2.75) is 26.0 Å². The highest BCUT2D eigenvalue weighted by Gasteiger charge is 2.13. The maximum Gasteiger partial charge on any atom is 0.315 e. The van der Waals surface area contributed by atoms with Gasteiger partial charge in [-0.05, 0) is 18.6 Å². The number of carbonyl (C=O) groups excluding carboxylic acids is 1. The number of carboxylic acids is 1. The lowest BCUT2D eigenvalue weighted by molar-refractivity contribution is -0.139. The molecule has 7 heteroatoms. The minimum atomic E-state index is -0.969. The zero-order chi connectivity index (χ0) is 15.0. The first-order valence-electron chi connectivity index (χ1n) is 6.19. The molecule has 20 heavy (non-hydrogen) atoms. The number of ether oxygens (including phenoxy) is 1. The molecule has 0 saturated heterocycles. The van der Waals surface area contributed by atoms with E-state index in [1.54, 1.807) is 6.20 Å². The van der Waals surface area contributed by atoms with Gasteiger partial charge in [0, 0.05) is 19.9 Å². The number of carbonyl (C=O) groups is 2. The summed E-state index contributed by atoms with van der Waals surface area (Å²) in [7, 11) is 1.41. The van der Waals surface area contributed by atoms with Crippen molar-refractivity contribution in [1.82, 2.24) is 15.6 Å². The van der Waals surface area contributed by atoms with Gasteiger partial charge in [0.2, 0.25) is 0 Å². The SMILES string of the molecule is COC(CNC(=O)NCc1ncccc1C)CC(=O)O. The van der Waals surface area contributed by atoms with E-state index in [2.05, 4.69) is 15.6 Å². The Hall–Kier alpha value is -2.15. The smallest absolute Gasteiger partial charge is 0.315 e. The molecule has 0 aliphatic rings. The van der Waals surface area contributed by atoms with Crippen LogP contribution in [0.2, 0.25) is 0 Å². The van der Waals surface area contributed by atoms with E-state index in [0.29, 0.717) is 6.54 Å². The van der Waals surface area contributed by atoms with Crippen LogP contribution in [0.5, 0.6) is 0 Å². The van der Waals surface area contributed by atoms with E-state index in [1.807, 2.05) is 19.1 Å². The highest BCUT2D eigenvalue weighted by atomic mass is 16.5. The summed E-state index contributed by atoms with van der Waals surface area (Å²) in [5.74, 6) is -0.969. The number of aliphatic carboxylic acids is 1. The second-order valence-corrected chi connectivity index (χ2v) is 4.29. The zero-order valence-electron chi connectivity index (χ0n) is 11.5.